The number of carboxylic acid groups (broad SMARTS) is 1. The molecule has 0 saturated heterocycles. The number of carboxylic acids is 1. The van der Waals surface area contributed by atoms with Gasteiger partial charge in [0.2, 0.25) is 0 Å². The lowest BCUT2D eigenvalue weighted by atomic mass is 10.1. The Kier molecular flexibility index (Phi) is 6.93. The molecule has 0 aliphatic heterocycles. The van der Waals surface area contributed by atoms with Gasteiger partial charge in [-0.15, -0.1) is 24.8 Å². The van der Waals surface area contributed by atoms with Crippen molar-refractivity contribution < 1.29 is 9.90 Å². The Morgan fingerprint density at radius 3 is 2.27 bits per heavy atom. The molecule has 1 aromatic rings. The summed E-state index contributed by atoms with van der Waals surface area (Å²) in [4.78, 5) is 12.5. The smallest absolute Gasteiger partial charge is 0.337 e. The fourth-order valence-electron chi connectivity index (χ4n) is 1.01. The molecular formula is C9H14Cl2N2O2. The van der Waals surface area contributed by atoms with Crippen molar-refractivity contribution in [2.45, 2.75) is 0 Å². The van der Waals surface area contributed by atoms with Gasteiger partial charge in [0.1, 0.15) is 0 Å². The first-order valence-electron chi connectivity index (χ1n) is 3.82. The molecule has 0 heterocycles. The fourth-order valence-corrected chi connectivity index (χ4v) is 1.01. The number of rotatable bonds is 2. The van der Waals surface area contributed by atoms with Gasteiger partial charge in [-0.05, 0) is 18.2 Å². The Bertz CT molecular complexity index is 343. The summed E-state index contributed by atoms with van der Waals surface area (Å²) in [5.41, 5.74) is 6.75. The number of nitrogen functional groups attached to an aromatic ring is 1. The lowest BCUT2D eigenvalue weighted by Crippen LogP contribution is -2.11. The van der Waals surface area contributed by atoms with Gasteiger partial charge in [0.05, 0.1) is 5.56 Å². The molecule has 0 aliphatic rings. The third kappa shape index (κ3) is 3.85. The Balaban J connectivity index is 0. The highest BCUT2D eigenvalue weighted by Gasteiger charge is 2.08. The van der Waals surface area contributed by atoms with Crippen LogP contribution in [0.3, 0.4) is 0 Å². The summed E-state index contributed by atoms with van der Waals surface area (Å²) in [5.74, 6) is -0.999. The first-order chi connectivity index (χ1) is 6.02. The van der Waals surface area contributed by atoms with Gasteiger partial charge in [-0.1, -0.05) is 0 Å². The fraction of sp³-hybridized carbons (Fsp3) is 0.222. The quantitative estimate of drug-likeness (QED) is 0.789. The predicted molar refractivity (Wildman–Crippen MR) is 66.6 cm³/mol. The van der Waals surface area contributed by atoms with Crippen molar-refractivity contribution in [3.63, 3.8) is 0 Å². The maximum atomic E-state index is 10.7. The number of hydrogen-bond acceptors (Lipinski definition) is 3. The summed E-state index contributed by atoms with van der Waals surface area (Å²) in [7, 11) is 3.69. The zero-order chi connectivity index (χ0) is 10.0. The molecule has 0 radical (unpaired) electrons. The Labute approximate surface area is 101 Å². The van der Waals surface area contributed by atoms with Gasteiger partial charge in [0.25, 0.3) is 0 Å². The molecule has 0 unspecified atom stereocenters. The van der Waals surface area contributed by atoms with Crippen LogP contribution in [-0.4, -0.2) is 25.2 Å². The molecule has 4 nitrogen and oxygen atoms in total. The van der Waals surface area contributed by atoms with E-state index in [1.165, 1.54) is 0 Å². The third-order valence-corrected chi connectivity index (χ3v) is 1.78. The normalized spacial score (nSPS) is 8.40. The lowest BCUT2D eigenvalue weighted by molar-refractivity contribution is 0.0698. The number of halogens is 2. The molecule has 0 amide bonds. The minimum atomic E-state index is -0.999. The van der Waals surface area contributed by atoms with Gasteiger partial charge in [0.15, 0.2) is 0 Å². The van der Waals surface area contributed by atoms with Crippen LogP contribution in [-0.2, 0) is 0 Å². The van der Waals surface area contributed by atoms with Crippen LogP contribution in [0.5, 0.6) is 0 Å². The van der Waals surface area contributed by atoms with E-state index in [9.17, 15) is 4.79 Å². The summed E-state index contributed by atoms with van der Waals surface area (Å²) < 4.78 is 0. The molecule has 0 fully saturated rings. The van der Waals surface area contributed by atoms with Crippen molar-refractivity contribution in [1.29, 1.82) is 0 Å². The van der Waals surface area contributed by atoms with Crippen LogP contribution in [0, 0.1) is 0 Å². The van der Waals surface area contributed by atoms with Crippen LogP contribution < -0.4 is 10.6 Å². The molecule has 0 spiro atoms. The maximum absolute atomic E-state index is 10.7. The number of nitrogens with two attached hydrogens (primary N) is 1. The molecule has 6 heteroatoms. The largest absolute Gasteiger partial charge is 0.478 e. The number of nitrogens with zero attached hydrogens (tertiary/aromatic N) is 1. The van der Waals surface area contributed by atoms with Crippen LogP contribution in [0.25, 0.3) is 0 Å². The van der Waals surface area contributed by atoms with E-state index in [0.717, 1.165) is 5.69 Å². The maximum Gasteiger partial charge on any atom is 0.337 e. The highest BCUT2D eigenvalue weighted by atomic mass is 35.5. The minimum absolute atomic E-state index is 0. The number of benzene rings is 1. The predicted octanol–water partition coefficient (Wildman–Crippen LogP) is 1.88. The number of aromatic carboxylic acids is 1. The highest BCUT2D eigenvalue weighted by Crippen LogP contribution is 2.19. The molecular weight excluding hydrogens is 239 g/mol. The first-order valence-corrected chi connectivity index (χ1v) is 3.82. The Morgan fingerprint density at radius 2 is 1.87 bits per heavy atom. The standard InChI is InChI=1S/C9H12N2O2.2ClH/c1-11(2)6-3-4-8(10)7(5-6)9(12)13;;/h3-5H,10H2,1-2H3,(H,12,13);2*1H. The summed E-state index contributed by atoms with van der Waals surface area (Å²) in [5, 5.41) is 8.77. The second kappa shape index (κ2) is 6.37. The number of hydrogen-bond donors (Lipinski definition) is 2. The van der Waals surface area contributed by atoms with E-state index in [1.807, 2.05) is 19.0 Å². The van der Waals surface area contributed by atoms with Crippen molar-refractivity contribution in [2.24, 2.45) is 0 Å². The zero-order valence-electron chi connectivity index (χ0n) is 8.43. The molecule has 1 aromatic carbocycles. The van der Waals surface area contributed by atoms with Gasteiger partial charge in [-0.25, -0.2) is 4.79 Å². The lowest BCUT2D eigenvalue weighted by Gasteiger charge is -2.13. The minimum Gasteiger partial charge on any atom is -0.478 e. The van der Waals surface area contributed by atoms with E-state index in [2.05, 4.69) is 0 Å². The van der Waals surface area contributed by atoms with Crippen molar-refractivity contribution in [1.82, 2.24) is 0 Å². The third-order valence-electron chi connectivity index (χ3n) is 1.78. The van der Waals surface area contributed by atoms with E-state index >= 15 is 0 Å². The average molecular weight is 253 g/mol. The van der Waals surface area contributed by atoms with Crippen molar-refractivity contribution >= 4 is 42.2 Å². The summed E-state index contributed by atoms with van der Waals surface area (Å²) >= 11 is 0. The molecule has 0 aromatic heterocycles. The second-order valence-electron chi connectivity index (χ2n) is 2.97. The number of anilines is 2. The second-order valence-corrected chi connectivity index (χ2v) is 2.97. The molecule has 0 bridgehead atoms. The monoisotopic (exact) mass is 252 g/mol. The summed E-state index contributed by atoms with van der Waals surface area (Å²) in [6, 6.07) is 4.93. The van der Waals surface area contributed by atoms with Crippen molar-refractivity contribution in [3.8, 4) is 0 Å². The van der Waals surface area contributed by atoms with Crippen molar-refractivity contribution in [2.75, 3.05) is 24.7 Å². The summed E-state index contributed by atoms with van der Waals surface area (Å²) in [6.07, 6.45) is 0. The highest BCUT2D eigenvalue weighted by molar-refractivity contribution is 5.94. The molecule has 1 rings (SSSR count). The van der Waals surface area contributed by atoms with E-state index in [1.54, 1.807) is 18.2 Å². The Morgan fingerprint density at radius 1 is 1.33 bits per heavy atom. The van der Waals surface area contributed by atoms with Crippen LogP contribution in [0.1, 0.15) is 10.4 Å². The first kappa shape index (κ1) is 16.3. The van der Waals surface area contributed by atoms with E-state index in [4.69, 9.17) is 10.8 Å². The SMILES string of the molecule is CN(C)c1ccc(N)c(C(=O)O)c1.Cl.Cl. The molecule has 0 saturated carbocycles. The average Bonchev–Trinajstić information content (AvgIpc) is 2.04. The van der Waals surface area contributed by atoms with Crippen LogP contribution >= 0.6 is 24.8 Å². The Hall–Kier alpha value is -1.13. The molecule has 15 heavy (non-hydrogen) atoms. The van der Waals surface area contributed by atoms with Crippen LogP contribution in [0.15, 0.2) is 18.2 Å². The van der Waals surface area contributed by atoms with Crippen LogP contribution in [0.4, 0.5) is 11.4 Å². The number of carbonyl (C=O) groups is 1. The van der Waals surface area contributed by atoms with Crippen molar-refractivity contribution in [3.05, 3.63) is 23.8 Å². The molecule has 3 N–H and O–H groups in total. The molecule has 0 atom stereocenters. The van der Waals surface area contributed by atoms with E-state index < -0.39 is 5.97 Å². The van der Waals surface area contributed by atoms with E-state index in [0.29, 0.717) is 0 Å². The summed E-state index contributed by atoms with van der Waals surface area (Å²) in [6.45, 7) is 0. The van der Waals surface area contributed by atoms with Gasteiger partial charge in [0, 0.05) is 25.5 Å². The van der Waals surface area contributed by atoms with Gasteiger partial charge in [-0.2, -0.15) is 0 Å². The van der Waals surface area contributed by atoms with Crippen LogP contribution in [0.2, 0.25) is 0 Å². The zero-order valence-corrected chi connectivity index (χ0v) is 10.1. The molecule has 0 aliphatic carbocycles. The van der Waals surface area contributed by atoms with Gasteiger partial charge < -0.3 is 15.7 Å². The van der Waals surface area contributed by atoms with E-state index in [-0.39, 0.29) is 36.1 Å². The molecule has 86 valence electrons. The topological polar surface area (TPSA) is 66.6 Å². The van der Waals surface area contributed by atoms with Gasteiger partial charge in [-0.3, -0.25) is 0 Å². The van der Waals surface area contributed by atoms with Gasteiger partial charge >= 0.3 is 5.97 Å².